The molecule has 17 heteroatoms. The van der Waals surface area contributed by atoms with Crippen LogP contribution in [0.15, 0.2) is 118 Å². The second-order valence-electron chi connectivity index (χ2n) is 8.01. The normalized spacial score (nSPS) is 12.0. The van der Waals surface area contributed by atoms with Crippen LogP contribution in [0.5, 0.6) is 0 Å². The molecule has 0 spiro atoms. The summed E-state index contributed by atoms with van der Waals surface area (Å²) in [5.41, 5.74) is -0.0124. The Kier molecular flexibility index (Phi) is 16.6. The molecule has 0 amide bonds. The molecule has 0 bridgehead atoms. The van der Waals surface area contributed by atoms with Gasteiger partial charge in [-0.05, 0) is 70.8 Å². The molecule has 2 aromatic heterocycles. The molecule has 240 valence electrons. The SMILES string of the molecule is O.O.[Ni+2].[O-]/C(=N\N=C\c1ccc(C(F)(F)F)cc1)c1ccncc1.[O-]/C(=N\N=C\c1ccc(C(F)(F)F)cc1)c1ccncc1. The van der Waals surface area contributed by atoms with Crippen molar-refractivity contribution in [3.05, 3.63) is 131 Å². The summed E-state index contributed by atoms with van der Waals surface area (Å²) >= 11 is 0. The van der Waals surface area contributed by atoms with E-state index < -0.39 is 35.3 Å². The van der Waals surface area contributed by atoms with Crippen molar-refractivity contribution in [3.63, 3.8) is 0 Å². The zero-order valence-corrected chi connectivity index (χ0v) is 23.5. The van der Waals surface area contributed by atoms with Crippen LogP contribution in [0.3, 0.4) is 0 Å². The van der Waals surface area contributed by atoms with Gasteiger partial charge in [0.25, 0.3) is 0 Å². The van der Waals surface area contributed by atoms with Crippen LogP contribution < -0.4 is 10.2 Å². The van der Waals surface area contributed by atoms with Crippen molar-refractivity contribution in [3.8, 4) is 0 Å². The summed E-state index contributed by atoms with van der Waals surface area (Å²) in [6, 6.07) is 14.7. The van der Waals surface area contributed by atoms with Crippen molar-refractivity contribution >= 4 is 24.2 Å². The molecule has 45 heavy (non-hydrogen) atoms. The Bertz CT molecular complexity index is 1430. The minimum atomic E-state index is -4.38. The average Bonchev–Trinajstić information content (AvgIpc) is 2.98. The maximum atomic E-state index is 12.4. The zero-order valence-electron chi connectivity index (χ0n) is 22.5. The Morgan fingerprint density at radius 3 is 1.09 bits per heavy atom. The van der Waals surface area contributed by atoms with E-state index in [1.165, 1.54) is 85.7 Å². The number of benzene rings is 2. The van der Waals surface area contributed by atoms with Gasteiger partial charge in [0.15, 0.2) is 0 Å². The van der Waals surface area contributed by atoms with Crippen LogP contribution >= 0.6 is 0 Å². The predicted molar refractivity (Wildman–Crippen MR) is 147 cm³/mol. The van der Waals surface area contributed by atoms with E-state index in [4.69, 9.17) is 0 Å². The standard InChI is InChI=1S/2C14H10F3N3O.Ni.2H2O/c2*15-14(16,17)12-3-1-10(2-4-12)9-19-20-13(21)11-5-7-18-8-6-11;;;/h2*1-9H,(H,20,21);;2*1H2/q;;+2;;/p-2/b2*19-9+;;;. The Balaban J connectivity index is 0.000000807. The molecule has 4 aromatic rings. The molecule has 10 nitrogen and oxygen atoms in total. The number of hydrogen-bond acceptors (Lipinski definition) is 8. The second-order valence-corrected chi connectivity index (χ2v) is 8.01. The Morgan fingerprint density at radius 1 is 0.533 bits per heavy atom. The number of alkyl halides is 6. The summed E-state index contributed by atoms with van der Waals surface area (Å²) in [6.07, 6.45) is -0.553. The third-order valence-electron chi connectivity index (χ3n) is 5.04. The summed E-state index contributed by atoms with van der Waals surface area (Å²) in [5.74, 6) is -1.11. The van der Waals surface area contributed by atoms with Gasteiger partial charge in [-0.3, -0.25) is 9.97 Å². The third-order valence-corrected chi connectivity index (χ3v) is 5.04. The molecule has 2 heterocycles. The minimum absolute atomic E-state index is 0. The molecule has 0 aliphatic carbocycles. The van der Waals surface area contributed by atoms with Gasteiger partial charge in [0.1, 0.15) is 0 Å². The van der Waals surface area contributed by atoms with Crippen LogP contribution in [-0.2, 0) is 28.8 Å². The topological polar surface area (TPSA) is 184 Å². The molecule has 4 rings (SSSR count). The number of rotatable bonds is 6. The van der Waals surface area contributed by atoms with Crippen LogP contribution in [-0.4, -0.2) is 45.1 Å². The monoisotopic (exact) mass is 678 g/mol. The summed E-state index contributed by atoms with van der Waals surface area (Å²) in [6.45, 7) is 0. The van der Waals surface area contributed by atoms with E-state index in [1.54, 1.807) is 0 Å². The largest absolute Gasteiger partial charge is 2.00 e. The minimum Gasteiger partial charge on any atom is -0.857 e. The van der Waals surface area contributed by atoms with Gasteiger partial charge >= 0.3 is 28.8 Å². The summed E-state index contributed by atoms with van der Waals surface area (Å²) in [5, 5.41) is 37.1. The van der Waals surface area contributed by atoms with Gasteiger partial charge in [-0.1, -0.05) is 24.3 Å². The van der Waals surface area contributed by atoms with Crippen molar-refractivity contribution in [1.29, 1.82) is 0 Å². The van der Waals surface area contributed by atoms with Gasteiger partial charge in [-0.2, -0.15) is 46.7 Å². The van der Waals surface area contributed by atoms with E-state index in [2.05, 4.69) is 30.4 Å². The van der Waals surface area contributed by atoms with E-state index in [-0.39, 0.29) is 27.4 Å². The van der Waals surface area contributed by atoms with Crippen molar-refractivity contribution in [1.82, 2.24) is 9.97 Å². The van der Waals surface area contributed by atoms with E-state index >= 15 is 0 Å². The second kappa shape index (κ2) is 18.6. The van der Waals surface area contributed by atoms with Crippen LogP contribution in [0.1, 0.15) is 33.4 Å². The van der Waals surface area contributed by atoms with E-state index in [0.29, 0.717) is 22.3 Å². The third kappa shape index (κ3) is 13.5. The van der Waals surface area contributed by atoms with E-state index in [1.807, 2.05) is 0 Å². The van der Waals surface area contributed by atoms with E-state index in [0.717, 1.165) is 24.3 Å². The Labute approximate surface area is 261 Å². The summed E-state index contributed by atoms with van der Waals surface area (Å²) in [4.78, 5) is 7.52. The molecule has 0 saturated heterocycles. The fourth-order valence-corrected chi connectivity index (χ4v) is 2.92. The number of nitrogens with zero attached hydrogens (tertiary/aromatic N) is 6. The molecule has 0 saturated carbocycles. The van der Waals surface area contributed by atoms with Gasteiger partial charge in [-0.25, -0.2) is 0 Å². The van der Waals surface area contributed by atoms with Crippen molar-refractivity contribution in [2.45, 2.75) is 12.4 Å². The number of aromatic nitrogens is 2. The first kappa shape index (κ1) is 40.0. The summed E-state index contributed by atoms with van der Waals surface area (Å²) < 4.78 is 74.2. The number of halogens is 6. The molecular weight excluding hydrogens is 657 g/mol. The first-order valence-corrected chi connectivity index (χ1v) is 11.6. The smallest absolute Gasteiger partial charge is 0.857 e. The molecule has 0 atom stereocenters. The molecule has 2 aromatic carbocycles. The average molecular weight is 679 g/mol. The molecule has 0 radical (unpaired) electrons. The Morgan fingerprint density at radius 2 is 0.822 bits per heavy atom. The number of pyridine rings is 2. The fraction of sp³-hybridized carbons (Fsp3) is 0.0714. The predicted octanol–water partition coefficient (Wildman–Crippen LogP) is 2.83. The zero-order chi connectivity index (χ0) is 30.6. The van der Waals surface area contributed by atoms with Gasteiger partial charge in [0.2, 0.25) is 0 Å². The first-order chi connectivity index (χ1) is 19.9. The molecule has 0 fully saturated rings. The summed E-state index contributed by atoms with van der Waals surface area (Å²) in [7, 11) is 0. The van der Waals surface area contributed by atoms with Crippen molar-refractivity contribution in [2.24, 2.45) is 20.4 Å². The van der Waals surface area contributed by atoms with E-state index in [9.17, 15) is 36.6 Å². The van der Waals surface area contributed by atoms with Gasteiger partial charge in [0.05, 0.1) is 23.6 Å². The molecular formula is C28H22F6N6NiO4. The fourth-order valence-electron chi connectivity index (χ4n) is 2.92. The maximum absolute atomic E-state index is 12.4. The van der Waals surface area contributed by atoms with Gasteiger partial charge in [0, 0.05) is 36.6 Å². The molecule has 0 unspecified atom stereocenters. The first-order valence-electron chi connectivity index (χ1n) is 11.6. The van der Waals surface area contributed by atoms with Crippen LogP contribution in [0.4, 0.5) is 26.3 Å². The number of hydrogen-bond donors (Lipinski definition) is 0. The Hall–Kier alpha value is -4.99. The van der Waals surface area contributed by atoms with Crippen molar-refractivity contribution < 1.29 is 64.0 Å². The quantitative estimate of drug-likeness (QED) is 0.0999. The molecule has 4 N–H and O–H groups in total. The molecule has 0 aliphatic heterocycles. The van der Waals surface area contributed by atoms with Crippen LogP contribution in [0.25, 0.3) is 0 Å². The van der Waals surface area contributed by atoms with Crippen molar-refractivity contribution in [2.75, 3.05) is 0 Å². The van der Waals surface area contributed by atoms with Crippen LogP contribution in [0, 0.1) is 0 Å². The van der Waals surface area contributed by atoms with Gasteiger partial charge in [-0.15, -0.1) is 0 Å². The van der Waals surface area contributed by atoms with Crippen LogP contribution in [0.2, 0.25) is 0 Å². The van der Waals surface area contributed by atoms with Gasteiger partial charge < -0.3 is 21.2 Å². The molecule has 0 aliphatic rings. The maximum Gasteiger partial charge on any atom is 2.00 e.